The molecule has 1 aromatic heterocycles. The zero-order valence-corrected chi connectivity index (χ0v) is 13.1. The van der Waals surface area contributed by atoms with Gasteiger partial charge in [-0.3, -0.25) is 9.80 Å². The van der Waals surface area contributed by atoms with Crippen molar-refractivity contribution >= 4 is 0 Å². The Morgan fingerprint density at radius 2 is 1.77 bits per heavy atom. The van der Waals surface area contributed by atoms with Crippen molar-refractivity contribution in [1.29, 1.82) is 0 Å². The summed E-state index contributed by atoms with van der Waals surface area (Å²) in [7, 11) is 0. The Kier molecular flexibility index (Phi) is 4.87. The second kappa shape index (κ2) is 7.05. The molecule has 0 unspecified atom stereocenters. The Morgan fingerprint density at radius 1 is 1.09 bits per heavy atom. The van der Waals surface area contributed by atoms with Gasteiger partial charge in [-0.15, -0.1) is 0 Å². The van der Waals surface area contributed by atoms with Crippen LogP contribution in [0.1, 0.15) is 12.5 Å². The average molecular weight is 300 g/mol. The number of hydrogen-bond donors (Lipinski definition) is 1. The Balaban J connectivity index is 1.52. The summed E-state index contributed by atoms with van der Waals surface area (Å²) >= 11 is 0. The summed E-state index contributed by atoms with van der Waals surface area (Å²) in [6.45, 7) is 7.83. The van der Waals surface area contributed by atoms with Crippen LogP contribution < -0.4 is 0 Å². The zero-order valence-electron chi connectivity index (χ0n) is 13.1. The lowest BCUT2D eigenvalue weighted by Gasteiger charge is -2.35. The first-order valence-electron chi connectivity index (χ1n) is 7.92. The Bertz CT molecular complexity index is 557. The van der Waals surface area contributed by atoms with Gasteiger partial charge < -0.3 is 5.11 Å². The Morgan fingerprint density at radius 3 is 2.36 bits per heavy atom. The van der Waals surface area contributed by atoms with Gasteiger partial charge in [0.15, 0.2) is 0 Å². The third-order valence-corrected chi connectivity index (χ3v) is 4.10. The smallest absolute Gasteiger partial charge is 0.0645 e. The topological polar surface area (TPSA) is 44.5 Å². The highest BCUT2D eigenvalue weighted by Crippen LogP contribution is 2.12. The third-order valence-electron chi connectivity index (χ3n) is 4.10. The van der Waals surface area contributed by atoms with E-state index in [1.807, 2.05) is 23.9 Å². The molecule has 22 heavy (non-hydrogen) atoms. The van der Waals surface area contributed by atoms with Crippen LogP contribution >= 0.6 is 0 Å². The zero-order chi connectivity index (χ0) is 15.4. The highest BCUT2D eigenvalue weighted by molar-refractivity contribution is 5.33. The molecule has 1 aliphatic rings. The van der Waals surface area contributed by atoms with Crippen molar-refractivity contribution in [3.8, 4) is 5.69 Å². The van der Waals surface area contributed by atoms with E-state index in [0.29, 0.717) is 0 Å². The van der Waals surface area contributed by atoms with Gasteiger partial charge in [0, 0.05) is 51.7 Å². The first-order chi connectivity index (χ1) is 10.7. The minimum atomic E-state index is -0.235. The predicted molar refractivity (Wildman–Crippen MR) is 87.0 cm³/mol. The lowest BCUT2D eigenvalue weighted by molar-refractivity contribution is 0.0781. The van der Waals surface area contributed by atoms with Crippen LogP contribution in [0.5, 0.6) is 0 Å². The molecular formula is C17H24N4O. The van der Waals surface area contributed by atoms with Crippen molar-refractivity contribution in [2.75, 3.05) is 32.7 Å². The largest absolute Gasteiger partial charge is 0.392 e. The van der Waals surface area contributed by atoms with Crippen LogP contribution in [0.15, 0.2) is 42.7 Å². The van der Waals surface area contributed by atoms with Crippen molar-refractivity contribution in [2.45, 2.75) is 19.6 Å². The number of hydrogen-bond acceptors (Lipinski definition) is 4. The second-order valence-electron chi connectivity index (χ2n) is 6.04. The summed E-state index contributed by atoms with van der Waals surface area (Å²) in [4.78, 5) is 4.81. The minimum absolute atomic E-state index is 0.235. The number of aromatic nitrogens is 2. The van der Waals surface area contributed by atoms with Gasteiger partial charge in [-0.1, -0.05) is 12.1 Å². The summed E-state index contributed by atoms with van der Waals surface area (Å²) < 4.78 is 1.87. The normalized spacial score (nSPS) is 18.5. The molecule has 5 nitrogen and oxygen atoms in total. The molecule has 0 spiro atoms. The fourth-order valence-corrected chi connectivity index (χ4v) is 2.94. The van der Waals surface area contributed by atoms with Crippen molar-refractivity contribution < 1.29 is 5.11 Å². The van der Waals surface area contributed by atoms with E-state index in [1.54, 1.807) is 6.20 Å². The molecule has 1 aliphatic heterocycles. The van der Waals surface area contributed by atoms with Crippen LogP contribution in [0.25, 0.3) is 5.69 Å². The number of benzene rings is 1. The van der Waals surface area contributed by atoms with E-state index in [-0.39, 0.29) is 6.10 Å². The van der Waals surface area contributed by atoms with E-state index in [0.717, 1.165) is 45.0 Å². The van der Waals surface area contributed by atoms with E-state index in [2.05, 4.69) is 39.2 Å². The van der Waals surface area contributed by atoms with Gasteiger partial charge >= 0.3 is 0 Å². The predicted octanol–water partition coefficient (Wildman–Crippen LogP) is 1.37. The highest BCUT2D eigenvalue weighted by atomic mass is 16.3. The molecular weight excluding hydrogens is 276 g/mol. The number of rotatable bonds is 5. The van der Waals surface area contributed by atoms with E-state index >= 15 is 0 Å². The maximum atomic E-state index is 9.45. The molecule has 0 aliphatic carbocycles. The number of β-amino-alcohol motifs (C(OH)–C–C–N with tert-alkyl or cyclic N) is 1. The van der Waals surface area contributed by atoms with Crippen LogP contribution in [0.4, 0.5) is 0 Å². The number of nitrogens with zero attached hydrogens (tertiary/aromatic N) is 4. The van der Waals surface area contributed by atoms with Gasteiger partial charge in [0.2, 0.25) is 0 Å². The molecule has 2 aromatic rings. The third kappa shape index (κ3) is 3.94. The molecule has 1 N–H and O–H groups in total. The van der Waals surface area contributed by atoms with E-state index in [1.165, 1.54) is 5.56 Å². The summed E-state index contributed by atoms with van der Waals surface area (Å²) in [6, 6.07) is 10.5. The van der Waals surface area contributed by atoms with Crippen molar-refractivity contribution in [2.24, 2.45) is 0 Å². The van der Waals surface area contributed by atoms with Crippen molar-refractivity contribution in [3.63, 3.8) is 0 Å². The molecule has 0 amide bonds. The van der Waals surface area contributed by atoms with Crippen molar-refractivity contribution in [3.05, 3.63) is 48.3 Å². The van der Waals surface area contributed by atoms with Crippen LogP contribution in [0.3, 0.4) is 0 Å². The monoisotopic (exact) mass is 300 g/mol. The molecule has 0 bridgehead atoms. The lowest BCUT2D eigenvalue weighted by Crippen LogP contribution is -2.47. The number of aliphatic hydroxyl groups excluding tert-OH is 1. The molecule has 1 saturated heterocycles. The van der Waals surface area contributed by atoms with Gasteiger partial charge in [0.1, 0.15) is 0 Å². The van der Waals surface area contributed by atoms with Crippen LogP contribution in [-0.2, 0) is 6.54 Å². The molecule has 118 valence electrons. The van der Waals surface area contributed by atoms with Gasteiger partial charge in [-0.2, -0.15) is 5.10 Å². The minimum Gasteiger partial charge on any atom is -0.392 e. The molecule has 3 rings (SSSR count). The van der Waals surface area contributed by atoms with E-state index in [9.17, 15) is 5.11 Å². The quantitative estimate of drug-likeness (QED) is 0.906. The van der Waals surface area contributed by atoms with Crippen molar-refractivity contribution in [1.82, 2.24) is 19.6 Å². The van der Waals surface area contributed by atoms with E-state index in [4.69, 9.17) is 0 Å². The molecule has 1 atom stereocenters. The van der Waals surface area contributed by atoms with Crippen LogP contribution in [0.2, 0.25) is 0 Å². The fraction of sp³-hybridized carbons (Fsp3) is 0.471. The van der Waals surface area contributed by atoms with Crippen LogP contribution in [0, 0.1) is 0 Å². The maximum absolute atomic E-state index is 9.45. The molecule has 2 heterocycles. The molecule has 0 radical (unpaired) electrons. The Labute approximate surface area is 131 Å². The van der Waals surface area contributed by atoms with E-state index < -0.39 is 0 Å². The first-order valence-corrected chi connectivity index (χ1v) is 7.92. The van der Waals surface area contributed by atoms with Gasteiger partial charge in [0.25, 0.3) is 0 Å². The summed E-state index contributed by atoms with van der Waals surface area (Å²) in [5.74, 6) is 0. The van der Waals surface area contributed by atoms with Gasteiger partial charge in [-0.25, -0.2) is 4.68 Å². The Hall–Kier alpha value is -1.69. The SMILES string of the molecule is C[C@H](O)CN1CCN(Cc2ccc(-n3cccn3)cc2)CC1. The fourth-order valence-electron chi connectivity index (χ4n) is 2.94. The molecule has 5 heteroatoms. The number of piperazine rings is 1. The maximum Gasteiger partial charge on any atom is 0.0645 e. The molecule has 1 fully saturated rings. The van der Waals surface area contributed by atoms with Gasteiger partial charge in [-0.05, 0) is 30.7 Å². The molecule has 0 saturated carbocycles. The summed E-state index contributed by atoms with van der Waals surface area (Å²) in [6.07, 6.45) is 3.51. The van der Waals surface area contributed by atoms with Gasteiger partial charge in [0.05, 0.1) is 11.8 Å². The number of aliphatic hydroxyl groups is 1. The second-order valence-corrected chi connectivity index (χ2v) is 6.04. The van der Waals surface area contributed by atoms with Crippen LogP contribution in [-0.4, -0.2) is 63.5 Å². The summed E-state index contributed by atoms with van der Waals surface area (Å²) in [5, 5.41) is 13.7. The highest BCUT2D eigenvalue weighted by Gasteiger charge is 2.17. The first kappa shape index (κ1) is 15.2. The lowest BCUT2D eigenvalue weighted by atomic mass is 10.1. The standard InChI is InChI=1S/C17H24N4O/c1-15(22)13-19-9-11-20(12-10-19)14-16-3-5-17(6-4-16)21-8-2-7-18-21/h2-8,15,22H,9-14H2,1H3/t15-/m0/s1. The summed E-state index contributed by atoms with van der Waals surface area (Å²) in [5.41, 5.74) is 2.43. The molecule has 1 aromatic carbocycles. The average Bonchev–Trinajstić information content (AvgIpc) is 3.04.